The van der Waals surface area contributed by atoms with E-state index in [4.69, 9.17) is 4.74 Å². The van der Waals surface area contributed by atoms with Gasteiger partial charge >= 0.3 is 0 Å². The maximum absolute atomic E-state index is 11.9. The molecular formula is C13H16O2. The van der Waals surface area contributed by atoms with E-state index >= 15 is 0 Å². The fraction of sp³-hybridized carbons (Fsp3) is 0.462. The highest BCUT2D eigenvalue weighted by atomic mass is 16.5. The Morgan fingerprint density at radius 3 is 2.93 bits per heavy atom. The molecule has 0 fully saturated rings. The van der Waals surface area contributed by atoms with Gasteiger partial charge in [-0.2, -0.15) is 0 Å². The Bertz CT molecular complexity index is 382. The Morgan fingerprint density at radius 1 is 1.40 bits per heavy atom. The number of rotatable bonds is 1. The second-order valence-electron chi connectivity index (χ2n) is 4.26. The second kappa shape index (κ2) is 4.05. The smallest absolute Gasteiger partial charge is 0.163 e. The summed E-state index contributed by atoms with van der Waals surface area (Å²) in [5, 5.41) is 0. The number of benzene rings is 1. The first-order valence-electron chi connectivity index (χ1n) is 5.41. The molecule has 1 aliphatic rings. The zero-order valence-corrected chi connectivity index (χ0v) is 9.25. The van der Waals surface area contributed by atoms with E-state index in [1.165, 1.54) is 0 Å². The van der Waals surface area contributed by atoms with E-state index < -0.39 is 0 Å². The summed E-state index contributed by atoms with van der Waals surface area (Å²) < 4.78 is 5.30. The molecule has 0 radical (unpaired) electrons. The van der Waals surface area contributed by atoms with Crippen molar-refractivity contribution in [2.24, 2.45) is 5.92 Å². The summed E-state index contributed by atoms with van der Waals surface area (Å²) in [7, 11) is 1.66. The fourth-order valence-electron chi connectivity index (χ4n) is 2.20. The van der Waals surface area contributed by atoms with Gasteiger partial charge in [0.1, 0.15) is 5.75 Å². The molecule has 0 spiro atoms. The molecule has 1 aliphatic carbocycles. The van der Waals surface area contributed by atoms with Gasteiger partial charge in [-0.1, -0.05) is 19.1 Å². The van der Waals surface area contributed by atoms with E-state index in [1.807, 2.05) is 18.2 Å². The molecule has 0 amide bonds. The van der Waals surface area contributed by atoms with Crippen molar-refractivity contribution in [2.45, 2.75) is 26.2 Å². The standard InChI is InChI=1S/C13H16O2/c1-9-6-7-11-10(12(14)8-9)4-3-5-13(11)15-2/h3-5,9H,6-8H2,1-2H3. The SMILES string of the molecule is COc1cccc2c1CCC(C)CC2=O. The number of hydrogen-bond donors (Lipinski definition) is 0. The summed E-state index contributed by atoms with van der Waals surface area (Å²) in [5.41, 5.74) is 1.95. The highest BCUT2D eigenvalue weighted by Crippen LogP contribution is 2.30. The van der Waals surface area contributed by atoms with Crippen LogP contribution in [-0.4, -0.2) is 12.9 Å². The molecule has 0 saturated heterocycles. The molecule has 1 unspecified atom stereocenters. The van der Waals surface area contributed by atoms with Crippen LogP contribution in [0, 0.1) is 5.92 Å². The number of carbonyl (C=O) groups excluding carboxylic acids is 1. The minimum absolute atomic E-state index is 0.258. The molecule has 0 aromatic heterocycles. The van der Waals surface area contributed by atoms with Crippen molar-refractivity contribution in [1.29, 1.82) is 0 Å². The highest BCUT2D eigenvalue weighted by molar-refractivity contribution is 5.98. The summed E-state index contributed by atoms with van der Waals surface area (Å²) in [6.45, 7) is 2.14. The van der Waals surface area contributed by atoms with Crippen LogP contribution in [0.4, 0.5) is 0 Å². The lowest BCUT2D eigenvalue weighted by Gasteiger charge is -2.09. The van der Waals surface area contributed by atoms with E-state index in [0.29, 0.717) is 12.3 Å². The minimum Gasteiger partial charge on any atom is -0.496 e. The normalized spacial score (nSPS) is 20.7. The first-order chi connectivity index (χ1) is 7.22. The van der Waals surface area contributed by atoms with Crippen molar-refractivity contribution < 1.29 is 9.53 Å². The average molecular weight is 204 g/mol. The predicted octanol–water partition coefficient (Wildman–Crippen LogP) is 2.85. The van der Waals surface area contributed by atoms with Crippen molar-refractivity contribution in [3.63, 3.8) is 0 Å². The lowest BCUT2D eigenvalue weighted by Crippen LogP contribution is -2.03. The van der Waals surface area contributed by atoms with Gasteiger partial charge in [-0.3, -0.25) is 4.79 Å². The summed E-state index contributed by atoms with van der Waals surface area (Å²) in [5.74, 6) is 1.60. The third kappa shape index (κ3) is 1.89. The number of fused-ring (bicyclic) bond motifs is 1. The van der Waals surface area contributed by atoms with E-state index in [1.54, 1.807) is 7.11 Å². The van der Waals surface area contributed by atoms with Gasteiger partial charge in [0.25, 0.3) is 0 Å². The van der Waals surface area contributed by atoms with E-state index in [9.17, 15) is 4.79 Å². The molecule has 2 heteroatoms. The molecule has 1 atom stereocenters. The van der Waals surface area contributed by atoms with Gasteiger partial charge in [0.05, 0.1) is 7.11 Å². The van der Waals surface area contributed by atoms with Crippen LogP contribution in [0.2, 0.25) is 0 Å². The number of ether oxygens (including phenoxy) is 1. The van der Waals surface area contributed by atoms with Crippen molar-refractivity contribution in [1.82, 2.24) is 0 Å². The Morgan fingerprint density at radius 2 is 2.20 bits per heavy atom. The molecule has 1 aromatic rings. The highest BCUT2D eigenvalue weighted by Gasteiger charge is 2.21. The van der Waals surface area contributed by atoms with Crippen LogP contribution in [0.5, 0.6) is 5.75 Å². The van der Waals surface area contributed by atoms with Gasteiger partial charge < -0.3 is 4.74 Å². The Hall–Kier alpha value is -1.31. The number of methoxy groups -OCH3 is 1. The minimum atomic E-state index is 0.258. The Labute approximate surface area is 90.3 Å². The van der Waals surface area contributed by atoms with Crippen LogP contribution >= 0.6 is 0 Å². The van der Waals surface area contributed by atoms with Gasteiger partial charge in [0.15, 0.2) is 5.78 Å². The van der Waals surface area contributed by atoms with Crippen LogP contribution in [-0.2, 0) is 6.42 Å². The Balaban J connectivity index is 2.47. The molecule has 2 nitrogen and oxygen atoms in total. The van der Waals surface area contributed by atoms with Crippen LogP contribution < -0.4 is 4.74 Å². The lowest BCUT2D eigenvalue weighted by atomic mass is 10.0. The van der Waals surface area contributed by atoms with Crippen LogP contribution in [0.1, 0.15) is 35.7 Å². The molecule has 80 valence electrons. The van der Waals surface area contributed by atoms with Crippen molar-refractivity contribution in [3.05, 3.63) is 29.3 Å². The third-order valence-electron chi connectivity index (χ3n) is 3.07. The molecule has 0 aliphatic heterocycles. The van der Waals surface area contributed by atoms with Crippen molar-refractivity contribution in [3.8, 4) is 5.75 Å². The topological polar surface area (TPSA) is 26.3 Å². The molecule has 0 bridgehead atoms. The summed E-state index contributed by atoms with van der Waals surface area (Å²) >= 11 is 0. The molecule has 0 heterocycles. The van der Waals surface area contributed by atoms with Crippen molar-refractivity contribution in [2.75, 3.05) is 7.11 Å². The molecule has 1 aromatic carbocycles. The largest absolute Gasteiger partial charge is 0.496 e. The van der Waals surface area contributed by atoms with Gasteiger partial charge in [-0.05, 0) is 24.8 Å². The number of ketones is 1. The molecule has 2 rings (SSSR count). The maximum atomic E-state index is 11.9. The molecule has 15 heavy (non-hydrogen) atoms. The number of carbonyl (C=O) groups is 1. The molecule has 0 N–H and O–H groups in total. The molecule has 0 saturated carbocycles. The predicted molar refractivity (Wildman–Crippen MR) is 59.4 cm³/mol. The molecular weight excluding hydrogens is 188 g/mol. The van der Waals surface area contributed by atoms with Gasteiger partial charge in [0, 0.05) is 17.5 Å². The average Bonchev–Trinajstić information content (AvgIpc) is 2.38. The first kappa shape index (κ1) is 10.2. The van der Waals surface area contributed by atoms with E-state index in [-0.39, 0.29) is 5.78 Å². The fourth-order valence-corrected chi connectivity index (χ4v) is 2.20. The van der Waals surface area contributed by atoms with Crippen molar-refractivity contribution >= 4 is 5.78 Å². The Kier molecular flexibility index (Phi) is 2.76. The van der Waals surface area contributed by atoms with Gasteiger partial charge in [-0.15, -0.1) is 0 Å². The van der Waals surface area contributed by atoms with Crippen LogP contribution in [0.3, 0.4) is 0 Å². The van der Waals surface area contributed by atoms with Crippen LogP contribution in [0.25, 0.3) is 0 Å². The second-order valence-corrected chi connectivity index (χ2v) is 4.26. The van der Waals surface area contributed by atoms with E-state index in [2.05, 4.69) is 6.92 Å². The summed E-state index contributed by atoms with van der Waals surface area (Å²) in [4.78, 5) is 11.9. The summed E-state index contributed by atoms with van der Waals surface area (Å²) in [6, 6.07) is 5.74. The quantitative estimate of drug-likeness (QED) is 0.657. The zero-order valence-electron chi connectivity index (χ0n) is 9.25. The number of Topliss-reactive ketones (excluding diaryl/α,β-unsaturated/α-hetero) is 1. The maximum Gasteiger partial charge on any atom is 0.163 e. The number of hydrogen-bond acceptors (Lipinski definition) is 2. The monoisotopic (exact) mass is 204 g/mol. The lowest BCUT2D eigenvalue weighted by molar-refractivity contribution is 0.0967. The van der Waals surface area contributed by atoms with Gasteiger partial charge in [-0.25, -0.2) is 0 Å². The zero-order chi connectivity index (χ0) is 10.8. The summed E-state index contributed by atoms with van der Waals surface area (Å²) in [6.07, 6.45) is 2.69. The van der Waals surface area contributed by atoms with Crippen LogP contribution in [0.15, 0.2) is 18.2 Å². The first-order valence-corrected chi connectivity index (χ1v) is 5.41. The third-order valence-corrected chi connectivity index (χ3v) is 3.07. The van der Waals surface area contributed by atoms with Gasteiger partial charge in [0.2, 0.25) is 0 Å². The van der Waals surface area contributed by atoms with E-state index in [0.717, 1.165) is 29.7 Å².